The molecule has 1 fully saturated rings. The Hall–Kier alpha value is -0.710. The summed E-state index contributed by atoms with van der Waals surface area (Å²) in [6.07, 6.45) is 7.26. The first kappa shape index (κ1) is 7.40. The lowest BCUT2D eigenvalue weighted by Gasteiger charge is -1.94. The van der Waals surface area contributed by atoms with Crippen molar-refractivity contribution >= 4 is 0 Å². The fourth-order valence-corrected chi connectivity index (χ4v) is 1.18. The van der Waals surface area contributed by atoms with Gasteiger partial charge in [-0.25, -0.2) is 0 Å². The molecule has 1 saturated heterocycles. The van der Waals surface area contributed by atoms with Crippen molar-refractivity contribution in [1.29, 1.82) is 5.26 Å². The molecule has 2 nitrogen and oxygen atoms in total. The van der Waals surface area contributed by atoms with Crippen LogP contribution in [0.15, 0.2) is 0 Å². The zero-order valence-electron chi connectivity index (χ0n) is 6.51. The molecule has 0 aromatic rings. The van der Waals surface area contributed by atoms with Crippen molar-refractivity contribution in [1.82, 2.24) is 4.90 Å². The highest BCUT2D eigenvalue weighted by molar-refractivity contribution is 4.97. The van der Waals surface area contributed by atoms with Crippen LogP contribution in [0.1, 0.15) is 32.6 Å². The quantitative estimate of drug-likeness (QED) is 0.336. The number of hydrogen-bond donors (Lipinski definition) is 0. The molecule has 0 N–H and O–H groups in total. The summed E-state index contributed by atoms with van der Waals surface area (Å²) in [6.45, 7) is 3.22. The largest absolute Gasteiger partial charge is 0.304 e. The van der Waals surface area contributed by atoms with Crippen LogP contribution in [0.25, 0.3) is 0 Å². The summed E-state index contributed by atoms with van der Waals surface area (Å²) in [5.74, 6) is 0. The molecule has 0 bridgehead atoms. The van der Waals surface area contributed by atoms with E-state index in [1.54, 1.807) is 0 Å². The van der Waals surface area contributed by atoms with Gasteiger partial charge in [-0.3, -0.25) is 0 Å². The molecule has 1 rings (SSSR count). The number of hydrogen-bond acceptors (Lipinski definition) is 2. The summed E-state index contributed by atoms with van der Waals surface area (Å²) in [7, 11) is 0. The molecule has 0 aromatic carbocycles. The van der Waals surface area contributed by atoms with Crippen LogP contribution in [0.5, 0.6) is 0 Å². The van der Waals surface area contributed by atoms with Gasteiger partial charge in [-0.05, 0) is 6.42 Å². The van der Waals surface area contributed by atoms with E-state index in [1.807, 2.05) is 4.90 Å². The van der Waals surface area contributed by atoms with E-state index in [0.29, 0.717) is 6.04 Å². The molecular formula is C8H14N2. The van der Waals surface area contributed by atoms with Crippen LogP contribution >= 0.6 is 0 Å². The second kappa shape index (κ2) is 3.46. The third-order valence-electron chi connectivity index (χ3n) is 1.98. The Morgan fingerprint density at radius 2 is 2.40 bits per heavy atom. The highest BCUT2D eigenvalue weighted by Gasteiger charge is 2.31. The van der Waals surface area contributed by atoms with Crippen molar-refractivity contribution in [2.45, 2.75) is 38.6 Å². The van der Waals surface area contributed by atoms with Crippen molar-refractivity contribution in [2.75, 3.05) is 6.54 Å². The molecule has 1 aliphatic heterocycles. The summed E-state index contributed by atoms with van der Waals surface area (Å²) in [5, 5.41) is 8.41. The van der Waals surface area contributed by atoms with E-state index < -0.39 is 0 Å². The number of nitriles is 1. The van der Waals surface area contributed by atoms with Gasteiger partial charge >= 0.3 is 0 Å². The van der Waals surface area contributed by atoms with Crippen LogP contribution in [0, 0.1) is 11.5 Å². The Kier molecular flexibility index (Phi) is 2.56. The number of unbranched alkanes of at least 4 members (excludes halogenated alkanes) is 2. The second-order valence-electron chi connectivity index (χ2n) is 2.90. The van der Waals surface area contributed by atoms with Gasteiger partial charge in [-0.15, -0.1) is 0 Å². The summed E-state index contributed by atoms with van der Waals surface area (Å²) in [4.78, 5) is 1.84. The summed E-state index contributed by atoms with van der Waals surface area (Å²) in [6, 6.07) is 0.608. The van der Waals surface area contributed by atoms with E-state index in [1.165, 1.54) is 25.7 Å². The van der Waals surface area contributed by atoms with E-state index in [-0.39, 0.29) is 0 Å². The molecule has 0 radical (unpaired) electrons. The van der Waals surface area contributed by atoms with Crippen LogP contribution < -0.4 is 0 Å². The molecule has 1 heterocycles. The van der Waals surface area contributed by atoms with E-state index in [2.05, 4.69) is 13.1 Å². The Labute approximate surface area is 62.4 Å². The summed E-state index contributed by atoms with van der Waals surface area (Å²) < 4.78 is 0. The van der Waals surface area contributed by atoms with Crippen LogP contribution in [-0.4, -0.2) is 17.5 Å². The van der Waals surface area contributed by atoms with Gasteiger partial charge in [0.05, 0.1) is 6.04 Å². The highest BCUT2D eigenvalue weighted by Crippen LogP contribution is 2.21. The van der Waals surface area contributed by atoms with Gasteiger partial charge in [0.2, 0.25) is 0 Å². The van der Waals surface area contributed by atoms with Crippen LogP contribution in [0.2, 0.25) is 0 Å². The molecule has 2 heteroatoms. The second-order valence-corrected chi connectivity index (χ2v) is 2.90. The maximum Gasteiger partial charge on any atom is 0.179 e. The Bertz CT molecular complexity index is 137. The predicted molar refractivity (Wildman–Crippen MR) is 40.2 cm³/mol. The molecule has 56 valence electrons. The minimum atomic E-state index is 0.608. The van der Waals surface area contributed by atoms with Crippen molar-refractivity contribution in [3.05, 3.63) is 0 Å². The average molecular weight is 138 g/mol. The standard InChI is InChI=1S/C8H14N2/c1-2-3-4-5-8-6-10(8)7-9/h8H,2-6H2,1H3. The fraction of sp³-hybridized carbons (Fsp3) is 0.875. The Balaban J connectivity index is 1.93. The maximum absolute atomic E-state index is 8.41. The molecule has 1 aliphatic rings. The van der Waals surface area contributed by atoms with Crippen LogP contribution in [0.3, 0.4) is 0 Å². The maximum atomic E-state index is 8.41. The van der Waals surface area contributed by atoms with Gasteiger partial charge in [0.25, 0.3) is 0 Å². The zero-order chi connectivity index (χ0) is 7.40. The number of rotatable bonds is 4. The molecule has 10 heavy (non-hydrogen) atoms. The first-order valence-corrected chi connectivity index (χ1v) is 4.05. The molecular weight excluding hydrogens is 124 g/mol. The Morgan fingerprint density at radius 3 is 2.90 bits per heavy atom. The SMILES string of the molecule is CCCCCC1CN1C#N. The van der Waals surface area contributed by atoms with Gasteiger partial charge in [0.15, 0.2) is 6.19 Å². The van der Waals surface area contributed by atoms with Gasteiger partial charge in [0, 0.05) is 6.54 Å². The topological polar surface area (TPSA) is 26.8 Å². The van der Waals surface area contributed by atoms with Gasteiger partial charge < -0.3 is 4.90 Å². The normalized spacial score (nSPS) is 22.4. The minimum absolute atomic E-state index is 0.608. The lowest BCUT2D eigenvalue weighted by atomic mass is 10.2. The van der Waals surface area contributed by atoms with Gasteiger partial charge in [-0.1, -0.05) is 26.2 Å². The molecule has 0 aliphatic carbocycles. The van der Waals surface area contributed by atoms with Crippen molar-refractivity contribution in [3.8, 4) is 6.19 Å². The first-order valence-electron chi connectivity index (χ1n) is 4.05. The van der Waals surface area contributed by atoms with E-state index in [4.69, 9.17) is 5.26 Å². The first-order chi connectivity index (χ1) is 4.88. The van der Waals surface area contributed by atoms with Crippen LogP contribution in [-0.2, 0) is 0 Å². The van der Waals surface area contributed by atoms with Crippen molar-refractivity contribution < 1.29 is 0 Å². The molecule has 0 saturated carbocycles. The molecule has 0 spiro atoms. The van der Waals surface area contributed by atoms with Gasteiger partial charge in [0.1, 0.15) is 0 Å². The smallest absolute Gasteiger partial charge is 0.179 e. The minimum Gasteiger partial charge on any atom is -0.304 e. The molecule has 1 unspecified atom stereocenters. The van der Waals surface area contributed by atoms with Crippen molar-refractivity contribution in [3.63, 3.8) is 0 Å². The lowest BCUT2D eigenvalue weighted by molar-refractivity contribution is 0.595. The summed E-state index contributed by atoms with van der Waals surface area (Å²) >= 11 is 0. The number of nitrogens with zero attached hydrogens (tertiary/aromatic N) is 2. The Morgan fingerprint density at radius 1 is 1.60 bits per heavy atom. The van der Waals surface area contributed by atoms with Crippen molar-refractivity contribution in [2.24, 2.45) is 0 Å². The highest BCUT2D eigenvalue weighted by atomic mass is 15.3. The zero-order valence-corrected chi connectivity index (χ0v) is 6.51. The molecule has 0 amide bonds. The fourth-order valence-electron chi connectivity index (χ4n) is 1.18. The molecule has 0 aromatic heterocycles. The van der Waals surface area contributed by atoms with E-state index >= 15 is 0 Å². The molecule has 1 atom stereocenters. The third kappa shape index (κ3) is 1.91. The third-order valence-corrected chi connectivity index (χ3v) is 1.98. The lowest BCUT2D eigenvalue weighted by Crippen LogP contribution is -1.92. The monoisotopic (exact) mass is 138 g/mol. The summed E-state index contributed by atoms with van der Waals surface area (Å²) in [5.41, 5.74) is 0. The van der Waals surface area contributed by atoms with Crippen LogP contribution in [0.4, 0.5) is 0 Å². The van der Waals surface area contributed by atoms with E-state index in [0.717, 1.165) is 6.54 Å². The van der Waals surface area contributed by atoms with E-state index in [9.17, 15) is 0 Å². The van der Waals surface area contributed by atoms with Gasteiger partial charge in [-0.2, -0.15) is 5.26 Å². The average Bonchev–Trinajstić information content (AvgIpc) is 2.68. The predicted octanol–water partition coefficient (Wildman–Crippen LogP) is 1.73.